The zero-order valence-electron chi connectivity index (χ0n) is 7.42. The lowest BCUT2D eigenvalue weighted by molar-refractivity contribution is 0.107. The van der Waals surface area contributed by atoms with Crippen molar-refractivity contribution in [2.75, 3.05) is 0 Å². The molecule has 0 radical (unpaired) electrons. The first-order valence-corrected chi connectivity index (χ1v) is 4.09. The molecule has 0 aromatic heterocycles. The standard InChI is InChI=1S/C9H6ClF3O/c1-3-6(11)4(2)8(13)5(7(3)12)9(10)14/h1-2H3. The molecule has 0 saturated heterocycles. The number of carbonyl (C=O) groups is 1. The van der Waals surface area contributed by atoms with Crippen LogP contribution >= 0.6 is 11.6 Å². The quantitative estimate of drug-likeness (QED) is 0.668. The minimum Gasteiger partial charge on any atom is -0.275 e. The number of hydrogen-bond acceptors (Lipinski definition) is 1. The van der Waals surface area contributed by atoms with Crippen molar-refractivity contribution in [3.63, 3.8) is 0 Å². The van der Waals surface area contributed by atoms with E-state index < -0.39 is 39.4 Å². The topological polar surface area (TPSA) is 17.1 Å². The molecular weight excluding hydrogens is 217 g/mol. The van der Waals surface area contributed by atoms with Crippen molar-refractivity contribution in [2.45, 2.75) is 13.8 Å². The van der Waals surface area contributed by atoms with Gasteiger partial charge in [-0.2, -0.15) is 0 Å². The van der Waals surface area contributed by atoms with Gasteiger partial charge in [-0.25, -0.2) is 13.2 Å². The number of carbonyl (C=O) groups excluding carboxylic acids is 1. The molecule has 1 aromatic rings. The third-order valence-electron chi connectivity index (χ3n) is 1.95. The second-order valence-corrected chi connectivity index (χ2v) is 3.18. The van der Waals surface area contributed by atoms with Crippen LogP contribution in [0.3, 0.4) is 0 Å². The monoisotopic (exact) mass is 222 g/mol. The summed E-state index contributed by atoms with van der Waals surface area (Å²) in [5.41, 5.74) is -1.72. The van der Waals surface area contributed by atoms with Crippen LogP contribution < -0.4 is 0 Å². The molecule has 0 aliphatic rings. The summed E-state index contributed by atoms with van der Waals surface area (Å²) in [7, 11) is 0. The van der Waals surface area contributed by atoms with Crippen LogP contribution in [0.4, 0.5) is 13.2 Å². The van der Waals surface area contributed by atoms with E-state index in [2.05, 4.69) is 0 Å². The van der Waals surface area contributed by atoms with Crippen molar-refractivity contribution in [2.24, 2.45) is 0 Å². The van der Waals surface area contributed by atoms with Gasteiger partial charge in [0.05, 0.1) is 0 Å². The van der Waals surface area contributed by atoms with E-state index >= 15 is 0 Å². The predicted octanol–water partition coefficient (Wildman–Crippen LogP) is 3.10. The van der Waals surface area contributed by atoms with Crippen molar-refractivity contribution in [1.82, 2.24) is 0 Å². The van der Waals surface area contributed by atoms with Crippen molar-refractivity contribution < 1.29 is 18.0 Å². The first-order valence-electron chi connectivity index (χ1n) is 3.71. The molecule has 0 fully saturated rings. The normalized spacial score (nSPS) is 10.4. The summed E-state index contributed by atoms with van der Waals surface area (Å²) in [5, 5.41) is -1.27. The van der Waals surface area contributed by atoms with Crippen LogP contribution in [0, 0.1) is 31.3 Å². The lowest BCUT2D eigenvalue weighted by atomic mass is 10.1. The van der Waals surface area contributed by atoms with Gasteiger partial charge in [0, 0.05) is 11.1 Å². The summed E-state index contributed by atoms with van der Waals surface area (Å²) in [5.74, 6) is -3.49. The number of hydrogen-bond donors (Lipinski definition) is 0. The average molecular weight is 223 g/mol. The van der Waals surface area contributed by atoms with Gasteiger partial charge in [0.25, 0.3) is 5.24 Å². The van der Waals surface area contributed by atoms with E-state index in [4.69, 9.17) is 11.6 Å². The Labute approximate surface area is 83.5 Å². The van der Waals surface area contributed by atoms with Crippen LogP contribution in [0.2, 0.25) is 0 Å². The van der Waals surface area contributed by atoms with Gasteiger partial charge in [0.2, 0.25) is 0 Å². The van der Waals surface area contributed by atoms with Crippen LogP contribution in [0.25, 0.3) is 0 Å². The Morgan fingerprint density at radius 1 is 1.00 bits per heavy atom. The molecule has 1 nitrogen and oxygen atoms in total. The number of rotatable bonds is 1. The first kappa shape index (κ1) is 11.0. The van der Waals surface area contributed by atoms with E-state index in [9.17, 15) is 18.0 Å². The van der Waals surface area contributed by atoms with E-state index in [-0.39, 0.29) is 0 Å². The molecule has 0 spiro atoms. The largest absolute Gasteiger partial charge is 0.275 e. The summed E-state index contributed by atoms with van der Waals surface area (Å²) in [4.78, 5) is 10.7. The highest BCUT2D eigenvalue weighted by Crippen LogP contribution is 2.25. The molecule has 14 heavy (non-hydrogen) atoms. The maximum Gasteiger partial charge on any atom is 0.258 e. The van der Waals surface area contributed by atoms with Gasteiger partial charge in [-0.3, -0.25) is 4.79 Å². The fourth-order valence-corrected chi connectivity index (χ4v) is 1.28. The summed E-state index contributed by atoms with van der Waals surface area (Å²) in [6.45, 7) is 2.22. The van der Waals surface area contributed by atoms with Crippen LogP contribution in [0.5, 0.6) is 0 Å². The van der Waals surface area contributed by atoms with Gasteiger partial charge in [-0.05, 0) is 25.4 Å². The molecule has 0 atom stereocenters. The summed E-state index contributed by atoms with van der Waals surface area (Å²) >= 11 is 4.97. The van der Waals surface area contributed by atoms with Gasteiger partial charge < -0.3 is 0 Å². The minimum absolute atomic E-state index is 0.409. The third-order valence-corrected chi connectivity index (χ3v) is 2.14. The predicted molar refractivity (Wildman–Crippen MR) is 46.0 cm³/mol. The molecule has 0 unspecified atom stereocenters. The van der Waals surface area contributed by atoms with Gasteiger partial charge in [-0.1, -0.05) is 0 Å². The van der Waals surface area contributed by atoms with E-state index in [0.717, 1.165) is 13.8 Å². The van der Waals surface area contributed by atoms with E-state index in [1.54, 1.807) is 0 Å². The van der Waals surface area contributed by atoms with Crippen LogP contribution in [0.1, 0.15) is 21.5 Å². The molecule has 76 valence electrons. The summed E-state index contributed by atoms with van der Waals surface area (Å²) in [6.07, 6.45) is 0. The molecule has 0 amide bonds. The second kappa shape index (κ2) is 3.61. The van der Waals surface area contributed by atoms with Crippen molar-refractivity contribution in [3.8, 4) is 0 Å². The number of benzene rings is 1. The van der Waals surface area contributed by atoms with E-state index in [1.165, 1.54) is 0 Å². The second-order valence-electron chi connectivity index (χ2n) is 2.84. The summed E-state index contributed by atoms with van der Waals surface area (Å²) in [6, 6.07) is 0. The molecule has 1 rings (SSSR count). The molecule has 0 aliphatic carbocycles. The minimum atomic E-state index is -1.27. The third kappa shape index (κ3) is 1.50. The Balaban J connectivity index is 3.68. The summed E-state index contributed by atoms with van der Waals surface area (Å²) < 4.78 is 39.4. The molecule has 0 heterocycles. The van der Waals surface area contributed by atoms with Gasteiger partial charge in [-0.15, -0.1) is 0 Å². The fraction of sp³-hybridized carbons (Fsp3) is 0.222. The molecule has 5 heteroatoms. The highest BCUT2D eigenvalue weighted by Gasteiger charge is 2.23. The first-order chi connectivity index (χ1) is 6.37. The maximum absolute atomic E-state index is 13.2. The zero-order valence-corrected chi connectivity index (χ0v) is 8.18. The van der Waals surface area contributed by atoms with Crippen molar-refractivity contribution >= 4 is 16.8 Å². The molecular formula is C9H6ClF3O. The smallest absolute Gasteiger partial charge is 0.258 e. The lowest BCUT2D eigenvalue weighted by Crippen LogP contribution is -2.07. The van der Waals surface area contributed by atoms with Crippen molar-refractivity contribution in [1.29, 1.82) is 0 Å². The van der Waals surface area contributed by atoms with Crippen molar-refractivity contribution in [3.05, 3.63) is 34.1 Å². The van der Waals surface area contributed by atoms with E-state index in [0.29, 0.717) is 0 Å². The highest BCUT2D eigenvalue weighted by atomic mass is 35.5. The molecule has 0 N–H and O–H groups in total. The lowest BCUT2D eigenvalue weighted by Gasteiger charge is -2.07. The van der Waals surface area contributed by atoms with Crippen LogP contribution in [-0.2, 0) is 0 Å². The fourth-order valence-electron chi connectivity index (χ4n) is 1.12. The Hall–Kier alpha value is -1.03. The Morgan fingerprint density at radius 3 is 1.64 bits per heavy atom. The van der Waals surface area contributed by atoms with Gasteiger partial charge in [0.15, 0.2) is 0 Å². The Morgan fingerprint density at radius 2 is 1.36 bits per heavy atom. The molecule has 1 aromatic carbocycles. The molecule has 0 aliphatic heterocycles. The maximum atomic E-state index is 13.2. The number of halogens is 4. The Bertz CT molecular complexity index is 386. The SMILES string of the molecule is Cc1c(F)c(C)c(F)c(C(=O)Cl)c1F. The van der Waals surface area contributed by atoms with Crippen LogP contribution in [0.15, 0.2) is 0 Å². The highest BCUT2D eigenvalue weighted by molar-refractivity contribution is 6.67. The molecule has 0 bridgehead atoms. The van der Waals surface area contributed by atoms with Gasteiger partial charge in [0.1, 0.15) is 23.0 Å². The van der Waals surface area contributed by atoms with E-state index in [1.807, 2.05) is 0 Å². The molecule has 0 saturated carbocycles. The Kier molecular flexibility index (Phi) is 2.85. The zero-order chi connectivity index (χ0) is 11.0. The van der Waals surface area contributed by atoms with Gasteiger partial charge >= 0.3 is 0 Å². The van der Waals surface area contributed by atoms with Crippen LogP contribution in [-0.4, -0.2) is 5.24 Å². The average Bonchev–Trinajstić information content (AvgIpc) is 2.11.